The van der Waals surface area contributed by atoms with Gasteiger partial charge in [-0.3, -0.25) is 0 Å². The molecule has 1 N–H and O–H groups in total. The predicted octanol–water partition coefficient (Wildman–Crippen LogP) is 5.29. The first-order valence-electron chi connectivity index (χ1n) is 6.99. The Kier molecular flexibility index (Phi) is 6.50. The molecule has 0 atom stereocenters. The van der Waals surface area contributed by atoms with Crippen molar-refractivity contribution in [2.75, 3.05) is 6.54 Å². The third kappa shape index (κ3) is 7.41. The van der Waals surface area contributed by atoms with E-state index < -0.39 is 23.4 Å². The Morgan fingerprint density at radius 1 is 1.30 bits per heavy atom. The average molecular weight is 350 g/mol. The van der Waals surface area contributed by atoms with Crippen LogP contribution in [0.2, 0.25) is 5.02 Å². The van der Waals surface area contributed by atoms with E-state index in [1.165, 1.54) is 6.07 Å². The molecule has 0 bridgehead atoms. The number of nitrogens with one attached hydrogen (secondary N) is 1. The minimum absolute atomic E-state index is 0.0242. The molecule has 0 heterocycles. The highest BCUT2D eigenvalue weighted by atomic mass is 35.5. The standard InChI is InChI=1S/C16H19ClF3NO2/c1-15(2,3)23-14(22)21-9-5-4-6-11-7-8-12(10-13(11)17)16(18,19)20/h4,6-8,10H,5,9H2,1-3H3,(H,21,22). The van der Waals surface area contributed by atoms with Crippen LogP contribution >= 0.6 is 11.6 Å². The summed E-state index contributed by atoms with van der Waals surface area (Å²) in [7, 11) is 0. The summed E-state index contributed by atoms with van der Waals surface area (Å²) in [5, 5.41) is 2.60. The number of carbonyl (C=O) groups excluding carboxylic acids is 1. The number of hydrogen-bond acceptors (Lipinski definition) is 2. The number of rotatable bonds is 4. The van der Waals surface area contributed by atoms with Gasteiger partial charge in [-0.2, -0.15) is 13.2 Å². The molecule has 1 aromatic carbocycles. The van der Waals surface area contributed by atoms with Crippen molar-refractivity contribution < 1.29 is 22.7 Å². The van der Waals surface area contributed by atoms with Gasteiger partial charge in [0.2, 0.25) is 0 Å². The predicted molar refractivity (Wildman–Crippen MR) is 84.3 cm³/mol. The Hall–Kier alpha value is -1.69. The molecule has 0 saturated heterocycles. The van der Waals surface area contributed by atoms with Crippen LogP contribution < -0.4 is 5.32 Å². The molecule has 0 saturated carbocycles. The number of halogens is 4. The minimum atomic E-state index is -4.41. The second-order valence-corrected chi connectivity index (χ2v) is 6.26. The molecule has 0 fully saturated rings. The quantitative estimate of drug-likeness (QED) is 0.750. The normalized spacial score (nSPS) is 12.5. The van der Waals surface area contributed by atoms with E-state index in [0.717, 1.165) is 12.1 Å². The highest BCUT2D eigenvalue weighted by Gasteiger charge is 2.30. The molecule has 3 nitrogen and oxygen atoms in total. The van der Waals surface area contributed by atoms with E-state index in [4.69, 9.17) is 16.3 Å². The van der Waals surface area contributed by atoms with Gasteiger partial charge in [0.1, 0.15) is 5.60 Å². The smallest absolute Gasteiger partial charge is 0.416 e. The van der Waals surface area contributed by atoms with Gasteiger partial charge in [-0.1, -0.05) is 29.8 Å². The number of ether oxygens (including phenoxy) is 1. The maximum absolute atomic E-state index is 12.5. The second kappa shape index (κ2) is 7.73. The average Bonchev–Trinajstić information content (AvgIpc) is 2.36. The van der Waals surface area contributed by atoms with Crippen LogP contribution in [-0.2, 0) is 10.9 Å². The molecule has 0 aliphatic heterocycles. The maximum Gasteiger partial charge on any atom is 0.416 e. The van der Waals surface area contributed by atoms with Crippen LogP contribution in [0.25, 0.3) is 6.08 Å². The molecule has 1 amide bonds. The van der Waals surface area contributed by atoms with Crippen molar-refractivity contribution in [3.63, 3.8) is 0 Å². The molecule has 1 rings (SSSR count). The number of alkyl carbamates (subject to hydrolysis) is 1. The van der Waals surface area contributed by atoms with Crippen LogP contribution in [0, 0.1) is 0 Å². The summed E-state index contributed by atoms with van der Waals surface area (Å²) in [6.45, 7) is 5.64. The van der Waals surface area contributed by atoms with Crippen molar-refractivity contribution in [2.45, 2.75) is 39.0 Å². The summed E-state index contributed by atoms with van der Waals surface area (Å²) in [5.41, 5.74) is -0.864. The summed E-state index contributed by atoms with van der Waals surface area (Å²) in [4.78, 5) is 11.4. The molecule has 128 valence electrons. The second-order valence-electron chi connectivity index (χ2n) is 5.85. The fourth-order valence-electron chi connectivity index (χ4n) is 1.62. The molecule has 0 unspecified atom stereocenters. The van der Waals surface area contributed by atoms with Gasteiger partial charge in [0.05, 0.1) is 5.56 Å². The maximum atomic E-state index is 12.5. The highest BCUT2D eigenvalue weighted by molar-refractivity contribution is 6.32. The highest BCUT2D eigenvalue weighted by Crippen LogP contribution is 2.32. The third-order valence-corrected chi connectivity index (χ3v) is 2.93. The van der Waals surface area contributed by atoms with Gasteiger partial charge in [0.25, 0.3) is 0 Å². The monoisotopic (exact) mass is 349 g/mol. The van der Waals surface area contributed by atoms with Crippen LogP contribution in [0.3, 0.4) is 0 Å². The molecular formula is C16H19ClF3NO2. The third-order valence-electron chi connectivity index (χ3n) is 2.60. The molecule has 0 aromatic heterocycles. The van der Waals surface area contributed by atoms with E-state index in [1.54, 1.807) is 32.9 Å². The minimum Gasteiger partial charge on any atom is -0.444 e. The molecule has 0 spiro atoms. The summed E-state index contributed by atoms with van der Waals surface area (Å²) >= 11 is 5.83. The van der Waals surface area contributed by atoms with E-state index in [1.807, 2.05) is 0 Å². The van der Waals surface area contributed by atoms with Crippen LogP contribution in [0.5, 0.6) is 0 Å². The van der Waals surface area contributed by atoms with E-state index >= 15 is 0 Å². The first-order valence-corrected chi connectivity index (χ1v) is 7.37. The van der Waals surface area contributed by atoms with Crippen LogP contribution in [0.15, 0.2) is 24.3 Å². The SMILES string of the molecule is CC(C)(C)OC(=O)NCCC=Cc1ccc(C(F)(F)F)cc1Cl. The van der Waals surface area contributed by atoms with E-state index in [-0.39, 0.29) is 5.02 Å². The van der Waals surface area contributed by atoms with Crippen molar-refractivity contribution in [1.29, 1.82) is 0 Å². The summed E-state index contributed by atoms with van der Waals surface area (Å²) < 4.78 is 42.6. The lowest BCUT2D eigenvalue weighted by Gasteiger charge is -2.19. The Morgan fingerprint density at radius 3 is 2.48 bits per heavy atom. The van der Waals surface area contributed by atoms with E-state index in [0.29, 0.717) is 18.5 Å². The van der Waals surface area contributed by atoms with Gasteiger partial charge in [-0.15, -0.1) is 0 Å². The molecule has 0 radical (unpaired) electrons. The molecule has 1 aromatic rings. The van der Waals surface area contributed by atoms with Gasteiger partial charge in [-0.25, -0.2) is 4.79 Å². The summed E-state index contributed by atoms with van der Waals surface area (Å²) in [5.74, 6) is 0. The first kappa shape index (κ1) is 19.4. The number of hydrogen-bond donors (Lipinski definition) is 1. The first-order chi connectivity index (χ1) is 10.5. The molecule has 23 heavy (non-hydrogen) atoms. The topological polar surface area (TPSA) is 38.3 Å². The lowest BCUT2D eigenvalue weighted by molar-refractivity contribution is -0.137. The van der Waals surface area contributed by atoms with Crippen molar-refractivity contribution in [3.05, 3.63) is 40.4 Å². The Labute approximate surface area is 138 Å². The fourth-order valence-corrected chi connectivity index (χ4v) is 1.86. The zero-order valence-electron chi connectivity index (χ0n) is 13.1. The molecule has 0 aliphatic carbocycles. The zero-order valence-corrected chi connectivity index (χ0v) is 13.9. The summed E-state index contributed by atoms with van der Waals surface area (Å²) in [6, 6.07) is 3.17. The van der Waals surface area contributed by atoms with Crippen LogP contribution in [-0.4, -0.2) is 18.2 Å². The molecule has 7 heteroatoms. The Bertz CT molecular complexity index is 578. The van der Waals surface area contributed by atoms with Crippen molar-refractivity contribution in [1.82, 2.24) is 5.32 Å². The van der Waals surface area contributed by atoms with E-state index in [2.05, 4.69) is 5.32 Å². The van der Waals surface area contributed by atoms with Gasteiger partial charge in [-0.05, 0) is 44.9 Å². The summed E-state index contributed by atoms with van der Waals surface area (Å²) in [6.07, 6.45) is -1.11. The van der Waals surface area contributed by atoms with Crippen molar-refractivity contribution in [3.8, 4) is 0 Å². The number of carbonyl (C=O) groups is 1. The van der Waals surface area contributed by atoms with Gasteiger partial charge < -0.3 is 10.1 Å². The van der Waals surface area contributed by atoms with Crippen LogP contribution in [0.1, 0.15) is 38.3 Å². The molecule has 0 aliphatic rings. The molecular weight excluding hydrogens is 331 g/mol. The Morgan fingerprint density at radius 2 is 1.96 bits per heavy atom. The van der Waals surface area contributed by atoms with Crippen molar-refractivity contribution in [2.24, 2.45) is 0 Å². The van der Waals surface area contributed by atoms with E-state index in [9.17, 15) is 18.0 Å². The zero-order chi connectivity index (χ0) is 17.7. The fraction of sp³-hybridized carbons (Fsp3) is 0.438. The number of amides is 1. The van der Waals surface area contributed by atoms with Crippen LogP contribution in [0.4, 0.5) is 18.0 Å². The number of alkyl halides is 3. The number of benzene rings is 1. The lowest BCUT2D eigenvalue weighted by atomic mass is 10.1. The van der Waals surface area contributed by atoms with Gasteiger partial charge >= 0.3 is 12.3 Å². The lowest BCUT2D eigenvalue weighted by Crippen LogP contribution is -2.32. The van der Waals surface area contributed by atoms with Gasteiger partial charge in [0, 0.05) is 11.6 Å². The Balaban J connectivity index is 2.48. The largest absolute Gasteiger partial charge is 0.444 e. The van der Waals surface area contributed by atoms with Crippen molar-refractivity contribution >= 4 is 23.8 Å². The van der Waals surface area contributed by atoms with Gasteiger partial charge in [0.15, 0.2) is 0 Å².